The lowest BCUT2D eigenvalue weighted by molar-refractivity contribution is 0.0865. The Morgan fingerprint density at radius 1 is 0.643 bits per heavy atom. The average Bonchev–Trinajstić information content (AvgIpc) is 2.75. The molecule has 0 spiro atoms. The van der Waals surface area contributed by atoms with Gasteiger partial charge >= 0.3 is 0 Å². The van der Waals surface area contributed by atoms with Gasteiger partial charge in [-0.05, 0) is 27.7 Å². The van der Waals surface area contributed by atoms with Crippen molar-refractivity contribution in [3.63, 3.8) is 0 Å². The maximum Gasteiger partial charge on any atom is 0.0327 e. The summed E-state index contributed by atoms with van der Waals surface area (Å²) in [6.45, 7) is 4.89. The minimum Gasteiger partial charge on any atom is -0.303 e. The molecule has 0 aromatic heterocycles. The molecule has 1 heterocycles. The smallest absolute Gasteiger partial charge is 0.0327 e. The van der Waals surface area contributed by atoms with Crippen molar-refractivity contribution in [1.29, 1.82) is 0 Å². The van der Waals surface area contributed by atoms with Gasteiger partial charge in [0.15, 0.2) is 0 Å². The van der Waals surface area contributed by atoms with Crippen LogP contribution >= 0.6 is 0 Å². The first-order chi connectivity index (χ1) is 13.6. The van der Waals surface area contributed by atoms with Gasteiger partial charge in [-0.25, -0.2) is 0 Å². The lowest BCUT2D eigenvalue weighted by Gasteiger charge is -2.52. The summed E-state index contributed by atoms with van der Waals surface area (Å²) in [5.41, 5.74) is 5.46. The van der Waals surface area contributed by atoms with Crippen molar-refractivity contribution in [1.82, 2.24) is 5.32 Å². The molecule has 2 aliphatic carbocycles. The van der Waals surface area contributed by atoms with Crippen LogP contribution in [0.25, 0.3) is 11.1 Å². The van der Waals surface area contributed by atoms with Crippen molar-refractivity contribution in [2.75, 3.05) is 0 Å². The van der Waals surface area contributed by atoms with Crippen LogP contribution in [-0.2, 0) is 0 Å². The van der Waals surface area contributed by atoms with E-state index < -0.39 is 0 Å². The van der Waals surface area contributed by atoms with E-state index >= 15 is 0 Å². The van der Waals surface area contributed by atoms with Gasteiger partial charge in [0.2, 0.25) is 0 Å². The number of hydrogen-bond donors (Lipinski definition) is 1. The number of fused-ring (bicyclic) bond motifs is 2. The molecule has 1 nitrogen and oxygen atoms in total. The number of nitrogens with one attached hydrogen (secondary N) is 1. The van der Waals surface area contributed by atoms with E-state index in [9.17, 15) is 0 Å². The number of rotatable bonds is 2. The molecule has 2 aromatic carbocycles. The second kappa shape index (κ2) is 6.76. The second-order valence-electron chi connectivity index (χ2n) is 8.79. The van der Waals surface area contributed by atoms with E-state index in [0.717, 1.165) is 0 Å². The van der Waals surface area contributed by atoms with E-state index in [1.807, 2.05) is 0 Å². The predicted octanol–water partition coefficient (Wildman–Crippen LogP) is 5.89. The number of allylic oxidation sites excluding steroid dienone is 4. The second-order valence-corrected chi connectivity index (χ2v) is 8.79. The van der Waals surface area contributed by atoms with E-state index in [-0.39, 0.29) is 5.41 Å². The van der Waals surface area contributed by atoms with Gasteiger partial charge in [0.1, 0.15) is 0 Å². The van der Waals surface area contributed by atoms with E-state index in [4.69, 9.17) is 0 Å². The molecule has 3 aliphatic rings. The van der Waals surface area contributed by atoms with Gasteiger partial charge in [-0.1, -0.05) is 111 Å². The highest BCUT2D eigenvalue weighted by Crippen LogP contribution is 2.49. The topological polar surface area (TPSA) is 12.0 Å². The molecular formula is C27H27N. The van der Waals surface area contributed by atoms with Gasteiger partial charge in [-0.3, -0.25) is 0 Å². The minimum absolute atomic E-state index is 0.163. The minimum atomic E-state index is 0.163. The van der Waals surface area contributed by atoms with Crippen LogP contribution in [0.1, 0.15) is 25.0 Å². The van der Waals surface area contributed by atoms with Crippen LogP contribution in [0.5, 0.6) is 0 Å². The van der Waals surface area contributed by atoms with Crippen molar-refractivity contribution in [2.45, 2.75) is 25.9 Å². The van der Waals surface area contributed by atoms with Gasteiger partial charge in [0.05, 0.1) is 0 Å². The number of piperidine rings is 1. The first kappa shape index (κ1) is 17.5. The molecule has 0 amide bonds. The fraction of sp³-hybridized carbons (Fsp3) is 0.259. The predicted molar refractivity (Wildman–Crippen MR) is 119 cm³/mol. The molecule has 1 fully saturated rings. The zero-order valence-electron chi connectivity index (χ0n) is 16.5. The average molecular weight is 366 g/mol. The Kier molecular flexibility index (Phi) is 4.21. The van der Waals surface area contributed by atoms with Crippen LogP contribution in [0.3, 0.4) is 0 Å². The van der Waals surface area contributed by atoms with Crippen molar-refractivity contribution < 1.29 is 0 Å². The zero-order valence-corrected chi connectivity index (χ0v) is 16.5. The van der Waals surface area contributed by atoms with E-state index in [1.54, 1.807) is 0 Å². The Bertz CT molecular complexity index is 896. The van der Waals surface area contributed by atoms with E-state index in [2.05, 4.69) is 116 Å². The molecule has 5 rings (SSSR count). The molecule has 1 aliphatic heterocycles. The molecule has 0 saturated carbocycles. The molecule has 4 unspecified atom stereocenters. The molecule has 140 valence electrons. The molecule has 1 saturated heterocycles. The van der Waals surface area contributed by atoms with Gasteiger partial charge in [0, 0.05) is 23.9 Å². The molecule has 0 bridgehead atoms. The largest absolute Gasteiger partial charge is 0.303 e. The summed E-state index contributed by atoms with van der Waals surface area (Å²) in [5, 5.41) is 3.89. The SMILES string of the molecule is CC1(C)C2C=C(c3ccccc3)C=CC2NC2C=CC(c3ccccc3)=CC21. The fourth-order valence-corrected chi connectivity index (χ4v) is 5.12. The van der Waals surface area contributed by atoms with Crippen molar-refractivity contribution >= 4 is 11.1 Å². The van der Waals surface area contributed by atoms with E-state index in [1.165, 1.54) is 22.3 Å². The highest BCUT2D eigenvalue weighted by Gasteiger charge is 2.48. The standard InChI is InChI=1S/C27H27N/c1-27(2)23-17-21(19-9-5-3-6-10-19)13-15-25(23)28-26-16-14-22(18-24(26)27)20-11-7-4-8-12-20/h3-18,23-26,28H,1-2H3. The molecule has 4 atom stereocenters. The Morgan fingerprint density at radius 2 is 1.07 bits per heavy atom. The van der Waals surface area contributed by atoms with Crippen molar-refractivity contribution in [3.05, 3.63) is 108 Å². The monoisotopic (exact) mass is 365 g/mol. The molecule has 28 heavy (non-hydrogen) atoms. The summed E-state index contributed by atoms with van der Waals surface area (Å²) < 4.78 is 0. The maximum absolute atomic E-state index is 3.89. The van der Waals surface area contributed by atoms with E-state index in [0.29, 0.717) is 23.9 Å². The third-order valence-electron chi connectivity index (χ3n) is 6.78. The lowest BCUT2D eigenvalue weighted by Crippen LogP contribution is -2.59. The van der Waals surface area contributed by atoms with Gasteiger partial charge < -0.3 is 5.32 Å². The molecule has 2 aromatic rings. The quantitative estimate of drug-likeness (QED) is 0.699. The van der Waals surface area contributed by atoms with Crippen molar-refractivity contribution in [2.24, 2.45) is 17.3 Å². The Balaban J connectivity index is 1.51. The third-order valence-corrected chi connectivity index (χ3v) is 6.78. The zero-order chi connectivity index (χ0) is 19.1. The highest BCUT2D eigenvalue weighted by molar-refractivity contribution is 5.77. The van der Waals surface area contributed by atoms with Gasteiger partial charge in [-0.2, -0.15) is 0 Å². The maximum atomic E-state index is 3.89. The van der Waals surface area contributed by atoms with Crippen LogP contribution in [0.4, 0.5) is 0 Å². The Hall–Kier alpha value is -2.64. The first-order valence-electron chi connectivity index (χ1n) is 10.3. The van der Waals surface area contributed by atoms with Gasteiger partial charge in [0.25, 0.3) is 0 Å². The molecule has 1 heteroatoms. The van der Waals surface area contributed by atoms with Crippen LogP contribution in [-0.4, -0.2) is 12.1 Å². The molecular weight excluding hydrogens is 338 g/mol. The summed E-state index contributed by atoms with van der Waals surface area (Å²) in [4.78, 5) is 0. The lowest BCUT2D eigenvalue weighted by atomic mass is 9.58. The Morgan fingerprint density at radius 3 is 1.50 bits per heavy atom. The van der Waals surface area contributed by atoms with Gasteiger partial charge in [-0.15, -0.1) is 0 Å². The summed E-state index contributed by atoms with van der Waals surface area (Å²) in [6, 6.07) is 22.3. The molecule has 0 radical (unpaired) electrons. The number of benzene rings is 2. The summed E-state index contributed by atoms with van der Waals surface area (Å²) >= 11 is 0. The fourth-order valence-electron chi connectivity index (χ4n) is 5.12. The van der Waals surface area contributed by atoms with Crippen LogP contribution < -0.4 is 5.32 Å². The molecule has 1 N–H and O–H groups in total. The summed E-state index contributed by atoms with van der Waals surface area (Å²) in [5.74, 6) is 0.933. The number of hydrogen-bond acceptors (Lipinski definition) is 1. The Labute approximate surface area is 168 Å². The van der Waals surface area contributed by atoms with Crippen LogP contribution in [0.15, 0.2) is 97.1 Å². The summed E-state index contributed by atoms with van der Waals surface area (Å²) in [7, 11) is 0. The normalized spacial score (nSPS) is 30.1. The highest BCUT2D eigenvalue weighted by atomic mass is 15.0. The first-order valence-corrected chi connectivity index (χ1v) is 10.3. The van der Waals surface area contributed by atoms with Crippen molar-refractivity contribution in [3.8, 4) is 0 Å². The third kappa shape index (κ3) is 2.91. The van der Waals surface area contributed by atoms with Crippen LogP contribution in [0.2, 0.25) is 0 Å². The van der Waals surface area contributed by atoms with Crippen LogP contribution in [0, 0.1) is 17.3 Å². The summed E-state index contributed by atoms with van der Waals surface area (Å²) in [6.07, 6.45) is 14.3.